The van der Waals surface area contributed by atoms with Crippen molar-refractivity contribution in [2.24, 2.45) is 5.73 Å². The Bertz CT molecular complexity index is 662. The summed E-state index contributed by atoms with van der Waals surface area (Å²) in [6, 6.07) is 3.62. The summed E-state index contributed by atoms with van der Waals surface area (Å²) in [4.78, 5) is 11.6. The van der Waals surface area contributed by atoms with E-state index in [1.165, 1.54) is 6.07 Å². The highest BCUT2D eigenvalue weighted by atomic mass is 35.5. The Kier molecular flexibility index (Phi) is 4.57. The van der Waals surface area contributed by atoms with Crippen molar-refractivity contribution in [3.8, 4) is 0 Å². The minimum absolute atomic E-state index is 0.0323. The summed E-state index contributed by atoms with van der Waals surface area (Å²) in [6.07, 6.45) is -0.602. The van der Waals surface area contributed by atoms with Crippen molar-refractivity contribution in [1.29, 1.82) is 0 Å². The molecule has 6 nitrogen and oxygen atoms in total. The van der Waals surface area contributed by atoms with Gasteiger partial charge in [-0.05, 0) is 31.5 Å². The maximum atomic E-state index is 12.8. The Balaban J connectivity index is 2.48. The largest absolute Gasteiger partial charge is 0.375 e. The molecule has 0 aliphatic carbocycles. The Morgan fingerprint density at radius 2 is 2.14 bits per heavy atom. The summed E-state index contributed by atoms with van der Waals surface area (Å²) in [5.74, 6) is -0.742. The molecule has 2 N–H and O–H groups in total. The smallest absolute Gasteiger partial charge is 0.245 e. The molecule has 0 radical (unpaired) electrons. The van der Waals surface area contributed by atoms with Gasteiger partial charge in [-0.25, -0.2) is 8.42 Å². The van der Waals surface area contributed by atoms with Crippen molar-refractivity contribution in [2.45, 2.75) is 30.9 Å². The second kappa shape index (κ2) is 5.92. The van der Waals surface area contributed by atoms with Crippen LogP contribution in [0.2, 0.25) is 5.02 Å². The van der Waals surface area contributed by atoms with Crippen LogP contribution in [0.1, 0.15) is 12.5 Å². The summed E-state index contributed by atoms with van der Waals surface area (Å²) >= 11 is 6.04. The van der Waals surface area contributed by atoms with Gasteiger partial charge in [0, 0.05) is 6.54 Å². The van der Waals surface area contributed by atoms with Crippen LogP contribution in [0.5, 0.6) is 0 Å². The van der Waals surface area contributed by atoms with Crippen LogP contribution < -0.4 is 5.73 Å². The lowest BCUT2D eigenvalue weighted by Gasteiger charge is -2.36. The van der Waals surface area contributed by atoms with Crippen molar-refractivity contribution in [3.05, 3.63) is 28.8 Å². The second-order valence-electron chi connectivity index (χ2n) is 4.97. The van der Waals surface area contributed by atoms with E-state index in [9.17, 15) is 13.2 Å². The molecule has 21 heavy (non-hydrogen) atoms. The normalized spacial score (nSPS) is 24.0. The lowest BCUT2D eigenvalue weighted by molar-refractivity contribution is -0.130. The Morgan fingerprint density at radius 3 is 2.71 bits per heavy atom. The third kappa shape index (κ3) is 3.06. The van der Waals surface area contributed by atoms with Gasteiger partial charge in [0.15, 0.2) is 0 Å². The second-order valence-corrected chi connectivity index (χ2v) is 7.24. The number of rotatable bonds is 3. The molecule has 1 aliphatic heterocycles. The van der Waals surface area contributed by atoms with Crippen molar-refractivity contribution >= 4 is 27.5 Å². The van der Waals surface area contributed by atoms with E-state index >= 15 is 0 Å². The van der Waals surface area contributed by atoms with Gasteiger partial charge in [0.25, 0.3) is 0 Å². The number of primary amides is 1. The number of ether oxygens (including phenoxy) is 1. The first kappa shape index (κ1) is 16.2. The Labute approximate surface area is 128 Å². The fraction of sp³-hybridized carbons (Fsp3) is 0.462. The van der Waals surface area contributed by atoms with E-state index in [2.05, 4.69) is 0 Å². The van der Waals surface area contributed by atoms with E-state index in [-0.39, 0.29) is 23.1 Å². The van der Waals surface area contributed by atoms with Crippen molar-refractivity contribution in [2.75, 3.05) is 13.2 Å². The third-order valence-corrected chi connectivity index (χ3v) is 5.78. The molecule has 1 aromatic carbocycles. The van der Waals surface area contributed by atoms with Gasteiger partial charge in [0.2, 0.25) is 15.9 Å². The number of carbonyl (C=O) groups excluding carboxylic acids is 1. The molecule has 1 saturated heterocycles. The maximum absolute atomic E-state index is 12.8. The Hall–Kier alpha value is -1.15. The van der Waals surface area contributed by atoms with Gasteiger partial charge in [0.05, 0.1) is 17.7 Å². The zero-order valence-corrected chi connectivity index (χ0v) is 13.3. The number of aryl methyl sites for hydroxylation is 1. The summed E-state index contributed by atoms with van der Waals surface area (Å²) in [5.41, 5.74) is 6.17. The van der Waals surface area contributed by atoms with Crippen molar-refractivity contribution in [1.82, 2.24) is 4.31 Å². The molecule has 1 fully saturated rings. The zero-order valence-electron chi connectivity index (χ0n) is 11.7. The molecule has 0 saturated carbocycles. The standard InChI is InChI=1S/C13H17ClN2O4S/c1-8-3-4-11(10(14)7-8)21(18,19)16-5-6-20-9(2)12(16)13(15)17/h3-4,7,9,12H,5-6H2,1-2H3,(H2,15,17)/t9-,12+/m1/s1. The molecule has 1 heterocycles. The number of hydrogen-bond donors (Lipinski definition) is 1. The van der Waals surface area contributed by atoms with Crippen LogP contribution in [0.4, 0.5) is 0 Å². The first-order chi connectivity index (χ1) is 9.75. The number of nitrogens with two attached hydrogens (primary N) is 1. The lowest BCUT2D eigenvalue weighted by atomic mass is 10.1. The summed E-state index contributed by atoms with van der Waals surface area (Å²) in [7, 11) is -3.92. The van der Waals surface area contributed by atoms with Gasteiger partial charge >= 0.3 is 0 Å². The molecule has 1 aromatic rings. The summed E-state index contributed by atoms with van der Waals surface area (Å²) in [5, 5.41) is 0.123. The van der Waals surface area contributed by atoms with Crippen LogP contribution in [0.25, 0.3) is 0 Å². The van der Waals surface area contributed by atoms with E-state index in [4.69, 9.17) is 22.1 Å². The molecule has 0 unspecified atom stereocenters. The van der Waals surface area contributed by atoms with Crippen molar-refractivity contribution < 1.29 is 17.9 Å². The van der Waals surface area contributed by atoms with Crippen LogP contribution in [-0.2, 0) is 19.6 Å². The van der Waals surface area contributed by atoms with E-state index in [0.29, 0.717) is 0 Å². The highest BCUT2D eigenvalue weighted by molar-refractivity contribution is 7.89. The molecule has 0 spiro atoms. The first-order valence-corrected chi connectivity index (χ1v) is 8.26. The molecule has 0 aromatic heterocycles. The predicted octanol–water partition coefficient (Wildman–Crippen LogP) is 0.912. The number of amides is 1. The number of morpholine rings is 1. The van der Waals surface area contributed by atoms with E-state index in [1.54, 1.807) is 19.1 Å². The zero-order chi connectivity index (χ0) is 15.8. The molecule has 2 atom stereocenters. The quantitative estimate of drug-likeness (QED) is 0.891. The van der Waals surface area contributed by atoms with Crippen LogP contribution >= 0.6 is 11.6 Å². The number of carbonyl (C=O) groups is 1. The number of benzene rings is 1. The molecule has 1 amide bonds. The number of sulfonamides is 1. The molecular weight excluding hydrogens is 316 g/mol. The van der Waals surface area contributed by atoms with Crippen molar-refractivity contribution in [3.63, 3.8) is 0 Å². The first-order valence-electron chi connectivity index (χ1n) is 6.44. The van der Waals surface area contributed by atoms with E-state index in [0.717, 1.165) is 9.87 Å². The van der Waals surface area contributed by atoms with Crippen LogP contribution in [0, 0.1) is 6.92 Å². The molecule has 2 rings (SSSR count). The van der Waals surface area contributed by atoms with Gasteiger partial charge in [0.1, 0.15) is 10.9 Å². The number of nitrogens with zero attached hydrogens (tertiary/aromatic N) is 1. The SMILES string of the molecule is Cc1ccc(S(=O)(=O)N2CCO[C@H](C)[C@H]2C(N)=O)c(Cl)c1. The average molecular weight is 333 g/mol. The highest BCUT2D eigenvalue weighted by Crippen LogP contribution is 2.29. The minimum Gasteiger partial charge on any atom is -0.375 e. The maximum Gasteiger partial charge on any atom is 0.245 e. The van der Waals surface area contributed by atoms with Crippen LogP contribution in [0.3, 0.4) is 0 Å². The molecular formula is C13H17ClN2O4S. The topological polar surface area (TPSA) is 89.7 Å². The van der Waals surface area contributed by atoms with Gasteiger partial charge in [-0.2, -0.15) is 4.31 Å². The van der Waals surface area contributed by atoms with E-state index in [1.807, 2.05) is 6.92 Å². The number of hydrogen-bond acceptors (Lipinski definition) is 4. The summed E-state index contributed by atoms with van der Waals surface area (Å²) < 4.78 is 31.9. The number of halogens is 1. The van der Waals surface area contributed by atoms with Gasteiger partial charge < -0.3 is 10.5 Å². The van der Waals surface area contributed by atoms with Gasteiger partial charge in [-0.3, -0.25) is 4.79 Å². The van der Waals surface area contributed by atoms with Gasteiger partial charge in [-0.1, -0.05) is 17.7 Å². The molecule has 0 bridgehead atoms. The monoisotopic (exact) mass is 332 g/mol. The van der Waals surface area contributed by atoms with Crippen LogP contribution in [0.15, 0.2) is 23.1 Å². The summed E-state index contributed by atoms with van der Waals surface area (Å²) in [6.45, 7) is 3.69. The highest BCUT2D eigenvalue weighted by Gasteiger charge is 2.42. The average Bonchev–Trinajstić information content (AvgIpc) is 2.37. The van der Waals surface area contributed by atoms with Gasteiger partial charge in [-0.15, -0.1) is 0 Å². The van der Waals surface area contributed by atoms with E-state index < -0.39 is 28.1 Å². The fourth-order valence-electron chi connectivity index (χ4n) is 2.38. The lowest BCUT2D eigenvalue weighted by Crippen LogP contribution is -2.58. The molecule has 116 valence electrons. The molecule has 1 aliphatic rings. The minimum atomic E-state index is -3.92. The third-order valence-electron chi connectivity index (χ3n) is 3.41. The Morgan fingerprint density at radius 1 is 1.48 bits per heavy atom. The van der Waals surface area contributed by atoms with Crippen LogP contribution in [-0.4, -0.2) is 43.9 Å². The molecule has 8 heteroatoms. The fourth-order valence-corrected chi connectivity index (χ4v) is 4.59. The predicted molar refractivity (Wildman–Crippen MR) is 78.5 cm³/mol.